The first-order chi connectivity index (χ1) is 8.67. The van der Waals surface area contributed by atoms with Gasteiger partial charge in [-0.25, -0.2) is 4.98 Å². The van der Waals surface area contributed by atoms with Gasteiger partial charge in [0, 0.05) is 30.4 Å². The van der Waals surface area contributed by atoms with E-state index in [0.29, 0.717) is 12.5 Å². The highest BCUT2D eigenvalue weighted by Gasteiger charge is 2.00. The second-order valence-electron chi connectivity index (χ2n) is 3.95. The van der Waals surface area contributed by atoms with E-state index in [4.69, 9.17) is 11.6 Å². The molecule has 0 saturated heterocycles. The van der Waals surface area contributed by atoms with Crippen molar-refractivity contribution in [3.05, 3.63) is 46.6 Å². The number of aryl methyl sites for hydroxylation is 1. The van der Waals surface area contributed by atoms with E-state index >= 15 is 0 Å². The number of hydrogen-bond donors (Lipinski definition) is 2. The van der Waals surface area contributed by atoms with Crippen LogP contribution in [0.5, 0.6) is 0 Å². The van der Waals surface area contributed by atoms with E-state index in [1.807, 2.05) is 37.3 Å². The zero-order valence-electron chi connectivity index (χ0n) is 10.4. The number of rotatable bonds is 4. The summed E-state index contributed by atoms with van der Waals surface area (Å²) in [6, 6.07) is 9.65. The van der Waals surface area contributed by atoms with Crippen LogP contribution in [0.15, 0.2) is 30.3 Å². The van der Waals surface area contributed by atoms with E-state index in [1.54, 1.807) is 7.05 Å². The number of nitrogens with one attached hydrogen (secondary N) is 2. The van der Waals surface area contributed by atoms with Gasteiger partial charge in [0.1, 0.15) is 5.82 Å². The molecule has 2 rings (SSSR count). The summed E-state index contributed by atoms with van der Waals surface area (Å²) in [6.45, 7) is 2.65. The summed E-state index contributed by atoms with van der Waals surface area (Å²) in [6.07, 6.45) is 0. The van der Waals surface area contributed by atoms with Crippen LogP contribution in [0.1, 0.15) is 11.3 Å². The predicted octanol–water partition coefficient (Wildman–Crippen LogP) is 3.09. The second-order valence-corrected chi connectivity index (χ2v) is 4.38. The molecule has 0 atom stereocenters. The van der Waals surface area contributed by atoms with Crippen molar-refractivity contribution >= 4 is 23.4 Å². The van der Waals surface area contributed by atoms with Crippen molar-refractivity contribution in [1.29, 1.82) is 0 Å². The Balaban J connectivity index is 2.05. The highest BCUT2D eigenvalue weighted by molar-refractivity contribution is 6.30. The Morgan fingerprint density at radius 2 is 1.89 bits per heavy atom. The van der Waals surface area contributed by atoms with Crippen LogP contribution in [0, 0.1) is 6.92 Å². The normalized spacial score (nSPS) is 10.2. The smallest absolute Gasteiger partial charge is 0.224 e. The van der Waals surface area contributed by atoms with Gasteiger partial charge in [0.25, 0.3) is 0 Å². The van der Waals surface area contributed by atoms with Crippen LogP contribution in [0.4, 0.5) is 11.8 Å². The molecule has 2 N–H and O–H groups in total. The van der Waals surface area contributed by atoms with Crippen LogP contribution in [0.3, 0.4) is 0 Å². The number of benzene rings is 1. The van der Waals surface area contributed by atoms with Gasteiger partial charge < -0.3 is 10.6 Å². The molecule has 0 aliphatic rings. The van der Waals surface area contributed by atoms with Crippen molar-refractivity contribution in [2.24, 2.45) is 0 Å². The molecule has 0 radical (unpaired) electrons. The Morgan fingerprint density at radius 3 is 2.56 bits per heavy atom. The van der Waals surface area contributed by atoms with Crippen molar-refractivity contribution in [3.63, 3.8) is 0 Å². The summed E-state index contributed by atoms with van der Waals surface area (Å²) in [7, 11) is 1.80. The maximum atomic E-state index is 5.84. The molecule has 1 heterocycles. The molecular weight excluding hydrogens is 248 g/mol. The molecule has 0 bridgehead atoms. The first-order valence-electron chi connectivity index (χ1n) is 5.69. The lowest BCUT2D eigenvalue weighted by Crippen LogP contribution is -2.05. The number of halogens is 1. The molecule has 0 spiro atoms. The quantitative estimate of drug-likeness (QED) is 0.889. The third kappa shape index (κ3) is 3.34. The van der Waals surface area contributed by atoms with Crippen molar-refractivity contribution < 1.29 is 0 Å². The summed E-state index contributed by atoms with van der Waals surface area (Å²) in [5.41, 5.74) is 2.08. The Labute approximate surface area is 111 Å². The molecule has 18 heavy (non-hydrogen) atoms. The minimum atomic E-state index is 0.619. The topological polar surface area (TPSA) is 49.8 Å². The van der Waals surface area contributed by atoms with Gasteiger partial charge in [-0.2, -0.15) is 4.98 Å². The fourth-order valence-corrected chi connectivity index (χ4v) is 1.69. The van der Waals surface area contributed by atoms with Gasteiger partial charge in [0.15, 0.2) is 0 Å². The zero-order chi connectivity index (χ0) is 13.0. The van der Waals surface area contributed by atoms with Crippen LogP contribution in [0.2, 0.25) is 5.02 Å². The molecule has 0 aliphatic heterocycles. The number of nitrogens with zero attached hydrogens (tertiary/aromatic N) is 2. The van der Waals surface area contributed by atoms with Crippen molar-refractivity contribution in [3.8, 4) is 0 Å². The minimum Gasteiger partial charge on any atom is -0.366 e. The summed E-state index contributed by atoms with van der Waals surface area (Å²) in [4.78, 5) is 8.56. The van der Waals surface area contributed by atoms with Crippen LogP contribution in [-0.4, -0.2) is 17.0 Å². The Bertz CT molecular complexity index is 525. The molecule has 1 aromatic carbocycles. The van der Waals surface area contributed by atoms with Gasteiger partial charge in [-0.3, -0.25) is 0 Å². The Hall–Kier alpha value is -1.81. The SMILES string of the molecule is CNc1nc(C)cc(NCc2ccc(Cl)cc2)n1. The van der Waals surface area contributed by atoms with Crippen LogP contribution >= 0.6 is 11.6 Å². The standard InChI is InChI=1S/C13H15ClN4/c1-9-7-12(18-13(15-2)17-9)16-8-10-3-5-11(14)6-4-10/h3-7H,8H2,1-2H3,(H2,15,16,17,18). The highest BCUT2D eigenvalue weighted by atomic mass is 35.5. The first-order valence-corrected chi connectivity index (χ1v) is 6.07. The molecule has 0 amide bonds. The fraction of sp³-hybridized carbons (Fsp3) is 0.231. The lowest BCUT2D eigenvalue weighted by molar-refractivity contribution is 1.05. The molecule has 4 nitrogen and oxygen atoms in total. The summed E-state index contributed by atoms with van der Waals surface area (Å²) in [5.74, 6) is 1.43. The monoisotopic (exact) mass is 262 g/mol. The van der Waals surface area contributed by atoms with E-state index in [1.165, 1.54) is 0 Å². The van der Waals surface area contributed by atoms with Crippen LogP contribution in [0.25, 0.3) is 0 Å². The molecule has 94 valence electrons. The molecular formula is C13H15ClN4. The molecule has 0 saturated carbocycles. The van der Waals surface area contributed by atoms with Gasteiger partial charge in [-0.05, 0) is 24.6 Å². The number of aromatic nitrogens is 2. The largest absolute Gasteiger partial charge is 0.366 e. The first kappa shape index (κ1) is 12.6. The minimum absolute atomic E-state index is 0.619. The third-order valence-electron chi connectivity index (χ3n) is 2.46. The number of anilines is 2. The van der Waals surface area contributed by atoms with E-state index in [9.17, 15) is 0 Å². The fourth-order valence-electron chi connectivity index (χ4n) is 1.57. The van der Waals surface area contributed by atoms with Crippen LogP contribution < -0.4 is 10.6 Å². The molecule has 1 aromatic heterocycles. The van der Waals surface area contributed by atoms with Crippen molar-refractivity contribution in [2.45, 2.75) is 13.5 Å². The summed E-state index contributed by atoms with van der Waals surface area (Å²) < 4.78 is 0. The molecule has 0 unspecified atom stereocenters. The highest BCUT2D eigenvalue weighted by Crippen LogP contribution is 2.13. The Morgan fingerprint density at radius 1 is 1.17 bits per heavy atom. The van der Waals surface area contributed by atoms with Gasteiger partial charge in [0.2, 0.25) is 5.95 Å². The Kier molecular flexibility index (Phi) is 3.99. The number of hydrogen-bond acceptors (Lipinski definition) is 4. The van der Waals surface area contributed by atoms with E-state index < -0.39 is 0 Å². The van der Waals surface area contributed by atoms with Crippen LogP contribution in [-0.2, 0) is 6.54 Å². The van der Waals surface area contributed by atoms with E-state index in [0.717, 1.165) is 22.1 Å². The van der Waals surface area contributed by atoms with Gasteiger partial charge in [-0.15, -0.1) is 0 Å². The average Bonchev–Trinajstić information content (AvgIpc) is 2.37. The van der Waals surface area contributed by atoms with Gasteiger partial charge in [0.05, 0.1) is 0 Å². The van der Waals surface area contributed by atoms with Gasteiger partial charge >= 0.3 is 0 Å². The lowest BCUT2D eigenvalue weighted by Gasteiger charge is -2.08. The maximum Gasteiger partial charge on any atom is 0.224 e. The lowest BCUT2D eigenvalue weighted by atomic mass is 10.2. The van der Waals surface area contributed by atoms with Crippen molar-refractivity contribution in [1.82, 2.24) is 9.97 Å². The third-order valence-corrected chi connectivity index (χ3v) is 2.72. The molecule has 0 fully saturated rings. The summed E-state index contributed by atoms with van der Waals surface area (Å²) >= 11 is 5.84. The summed E-state index contributed by atoms with van der Waals surface area (Å²) in [5, 5.41) is 6.94. The predicted molar refractivity (Wildman–Crippen MR) is 75.1 cm³/mol. The average molecular weight is 263 g/mol. The van der Waals surface area contributed by atoms with Gasteiger partial charge in [-0.1, -0.05) is 23.7 Å². The maximum absolute atomic E-state index is 5.84. The molecule has 2 aromatic rings. The van der Waals surface area contributed by atoms with E-state index in [2.05, 4.69) is 20.6 Å². The molecule has 0 aliphatic carbocycles. The second kappa shape index (κ2) is 5.69. The zero-order valence-corrected chi connectivity index (χ0v) is 11.1. The van der Waals surface area contributed by atoms with Crippen molar-refractivity contribution in [2.75, 3.05) is 17.7 Å². The molecule has 5 heteroatoms. The van der Waals surface area contributed by atoms with E-state index in [-0.39, 0.29) is 0 Å².